The highest BCUT2D eigenvalue weighted by Gasteiger charge is 2.21. The Morgan fingerprint density at radius 3 is 2.48 bits per heavy atom. The molecule has 0 aliphatic heterocycles. The summed E-state index contributed by atoms with van der Waals surface area (Å²) in [6.45, 7) is 8.32. The summed E-state index contributed by atoms with van der Waals surface area (Å²) >= 11 is 6.43. The van der Waals surface area contributed by atoms with E-state index in [0.717, 1.165) is 18.7 Å². The maximum Gasteiger partial charge on any atom is 0.316 e. The minimum atomic E-state index is -0.702. The van der Waals surface area contributed by atoms with Crippen LogP contribution in [0.15, 0.2) is 52.1 Å². The monoisotopic (exact) mass is 442 g/mol. The third-order valence-electron chi connectivity index (χ3n) is 5.53. The molecule has 0 fully saturated rings. The first-order chi connectivity index (χ1) is 14.9. The van der Waals surface area contributed by atoms with Gasteiger partial charge in [-0.05, 0) is 49.8 Å². The fourth-order valence-corrected chi connectivity index (χ4v) is 4.13. The molecule has 8 heteroatoms. The number of carbonyl (C=O) groups excluding carboxylic acids is 1. The lowest BCUT2D eigenvalue weighted by Gasteiger charge is -2.31. The Labute approximate surface area is 185 Å². The van der Waals surface area contributed by atoms with Crippen LogP contribution in [0.1, 0.15) is 42.7 Å². The number of aromatic nitrogens is 2. The van der Waals surface area contributed by atoms with Crippen molar-refractivity contribution < 1.29 is 4.79 Å². The number of rotatable bonds is 8. The van der Waals surface area contributed by atoms with Crippen LogP contribution in [0.3, 0.4) is 0 Å². The van der Waals surface area contributed by atoms with E-state index in [0.29, 0.717) is 34.7 Å². The van der Waals surface area contributed by atoms with Gasteiger partial charge in [-0.2, -0.15) is 0 Å². The molecule has 0 bridgehead atoms. The summed E-state index contributed by atoms with van der Waals surface area (Å²) in [6, 6.07) is 12.5. The predicted octanol–water partition coefficient (Wildman–Crippen LogP) is 3.18. The van der Waals surface area contributed by atoms with Gasteiger partial charge in [0.25, 0.3) is 5.91 Å². The SMILES string of the molecule is CCN(CC)C(CNC(=O)c1ccc2c(c1)[nH]c(=O)c(=O)n2CC)c1ccccc1Cl. The van der Waals surface area contributed by atoms with Gasteiger partial charge in [0.15, 0.2) is 0 Å². The van der Waals surface area contributed by atoms with Gasteiger partial charge < -0.3 is 14.9 Å². The van der Waals surface area contributed by atoms with Crippen molar-refractivity contribution in [3.05, 3.63) is 79.3 Å². The highest BCUT2D eigenvalue weighted by Crippen LogP contribution is 2.27. The standard InChI is InChI=1S/C23H27ClN4O3/c1-4-27(5-2)20(16-9-7-8-10-17(16)24)14-25-21(29)15-11-12-19-18(13-15)26-22(30)23(31)28(19)6-3/h7-13,20H,4-6,14H2,1-3H3,(H,25,29)(H,26,30). The minimum absolute atomic E-state index is 0.0711. The van der Waals surface area contributed by atoms with E-state index in [1.54, 1.807) is 25.1 Å². The molecule has 2 N–H and O–H groups in total. The molecule has 0 aliphatic carbocycles. The molecule has 2 aromatic carbocycles. The molecule has 7 nitrogen and oxygen atoms in total. The minimum Gasteiger partial charge on any atom is -0.350 e. The van der Waals surface area contributed by atoms with Crippen molar-refractivity contribution in [1.29, 1.82) is 0 Å². The second-order valence-corrected chi connectivity index (χ2v) is 7.61. The van der Waals surface area contributed by atoms with Gasteiger partial charge in [-0.15, -0.1) is 0 Å². The van der Waals surface area contributed by atoms with Crippen LogP contribution in [0.4, 0.5) is 0 Å². The summed E-state index contributed by atoms with van der Waals surface area (Å²) in [6.07, 6.45) is 0. The van der Waals surface area contributed by atoms with Gasteiger partial charge in [-0.25, -0.2) is 0 Å². The van der Waals surface area contributed by atoms with Crippen LogP contribution >= 0.6 is 11.6 Å². The van der Waals surface area contributed by atoms with E-state index in [4.69, 9.17) is 11.6 Å². The van der Waals surface area contributed by atoms with E-state index >= 15 is 0 Å². The number of benzene rings is 2. The Kier molecular flexibility index (Phi) is 7.30. The molecule has 1 atom stereocenters. The molecule has 1 unspecified atom stereocenters. The third-order valence-corrected chi connectivity index (χ3v) is 5.87. The zero-order chi connectivity index (χ0) is 22.5. The maximum absolute atomic E-state index is 12.9. The molecule has 0 spiro atoms. The first-order valence-corrected chi connectivity index (χ1v) is 10.8. The second-order valence-electron chi connectivity index (χ2n) is 7.20. The molecule has 3 rings (SSSR count). The first-order valence-electron chi connectivity index (χ1n) is 10.4. The van der Waals surface area contributed by atoms with Crippen LogP contribution in [0.2, 0.25) is 5.02 Å². The number of aromatic amines is 1. The highest BCUT2D eigenvalue weighted by molar-refractivity contribution is 6.31. The van der Waals surface area contributed by atoms with Crippen LogP contribution in [-0.2, 0) is 6.54 Å². The van der Waals surface area contributed by atoms with Crippen LogP contribution in [0.25, 0.3) is 11.0 Å². The van der Waals surface area contributed by atoms with E-state index in [2.05, 4.69) is 29.0 Å². The number of hydrogen-bond acceptors (Lipinski definition) is 4. The van der Waals surface area contributed by atoms with Crippen molar-refractivity contribution in [2.75, 3.05) is 19.6 Å². The molecule has 0 saturated carbocycles. The summed E-state index contributed by atoms with van der Waals surface area (Å²) < 4.78 is 1.39. The Morgan fingerprint density at radius 1 is 1.13 bits per heavy atom. The molecule has 1 amide bonds. The number of fused-ring (bicyclic) bond motifs is 1. The van der Waals surface area contributed by atoms with Crippen molar-refractivity contribution in [3.63, 3.8) is 0 Å². The van der Waals surface area contributed by atoms with Gasteiger partial charge >= 0.3 is 11.1 Å². The molecule has 164 valence electrons. The molecule has 0 saturated heterocycles. The van der Waals surface area contributed by atoms with Gasteiger partial charge in [0.2, 0.25) is 0 Å². The molecule has 1 heterocycles. The van der Waals surface area contributed by atoms with Gasteiger partial charge in [-0.3, -0.25) is 19.3 Å². The third kappa shape index (κ3) is 4.73. The number of nitrogens with zero attached hydrogens (tertiary/aromatic N) is 2. The second kappa shape index (κ2) is 9.94. The molecule has 31 heavy (non-hydrogen) atoms. The van der Waals surface area contributed by atoms with Gasteiger partial charge in [-0.1, -0.05) is 43.6 Å². The van der Waals surface area contributed by atoms with Gasteiger partial charge in [0, 0.05) is 23.7 Å². The quantitative estimate of drug-likeness (QED) is 0.524. The van der Waals surface area contributed by atoms with Crippen molar-refractivity contribution in [2.24, 2.45) is 0 Å². The molecular formula is C23H27ClN4O3. The largest absolute Gasteiger partial charge is 0.350 e. The smallest absolute Gasteiger partial charge is 0.316 e. The average Bonchev–Trinajstić information content (AvgIpc) is 2.77. The predicted molar refractivity (Wildman–Crippen MR) is 124 cm³/mol. The van der Waals surface area contributed by atoms with Crippen molar-refractivity contribution in [1.82, 2.24) is 19.8 Å². The van der Waals surface area contributed by atoms with E-state index in [1.165, 1.54) is 4.57 Å². The summed E-state index contributed by atoms with van der Waals surface area (Å²) in [5, 5.41) is 3.65. The fraction of sp³-hybridized carbons (Fsp3) is 0.348. The van der Waals surface area contributed by atoms with E-state index < -0.39 is 11.1 Å². The number of H-pyrrole nitrogens is 1. The number of aryl methyl sites for hydroxylation is 1. The molecular weight excluding hydrogens is 416 g/mol. The highest BCUT2D eigenvalue weighted by atomic mass is 35.5. The maximum atomic E-state index is 12.9. The van der Waals surface area contributed by atoms with E-state index in [9.17, 15) is 14.4 Å². The van der Waals surface area contributed by atoms with Crippen molar-refractivity contribution >= 4 is 28.5 Å². The number of likely N-dealkylation sites (N-methyl/N-ethyl adjacent to an activating group) is 1. The van der Waals surface area contributed by atoms with Crippen LogP contribution < -0.4 is 16.4 Å². The molecule has 0 aliphatic rings. The average molecular weight is 443 g/mol. The number of hydrogen-bond donors (Lipinski definition) is 2. The summed E-state index contributed by atoms with van der Waals surface area (Å²) in [4.78, 5) is 41.6. The summed E-state index contributed by atoms with van der Waals surface area (Å²) in [5.41, 5.74) is 1.09. The Hall–Kier alpha value is -2.90. The zero-order valence-electron chi connectivity index (χ0n) is 17.9. The fourth-order valence-electron chi connectivity index (χ4n) is 3.87. The number of nitrogens with one attached hydrogen (secondary N) is 2. The zero-order valence-corrected chi connectivity index (χ0v) is 18.7. The molecule has 3 aromatic rings. The lowest BCUT2D eigenvalue weighted by molar-refractivity contribution is 0.0935. The normalized spacial score (nSPS) is 12.3. The van der Waals surface area contributed by atoms with Crippen LogP contribution in [0, 0.1) is 0 Å². The Bertz CT molecular complexity index is 1200. The van der Waals surface area contributed by atoms with Crippen molar-refractivity contribution in [2.45, 2.75) is 33.4 Å². The van der Waals surface area contributed by atoms with E-state index in [-0.39, 0.29) is 11.9 Å². The number of amides is 1. The lowest BCUT2D eigenvalue weighted by atomic mass is 10.0. The van der Waals surface area contributed by atoms with Crippen LogP contribution in [-0.4, -0.2) is 40.0 Å². The lowest BCUT2D eigenvalue weighted by Crippen LogP contribution is -2.38. The summed E-state index contributed by atoms with van der Waals surface area (Å²) in [7, 11) is 0. The van der Waals surface area contributed by atoms with E-state index in [1.807, 2.05) is 24.3 Å². The molecule has 0 radical (unpaired) electrons. The topological polar surface area (TPSA) is 87.2 Å². The van der Waals surface area contributed by atoms with Crippen LogP contribution in [0.5, 0.6) is 0 Å². The number of carbonyl (C=O) groups is 1. The van der Waals surface area contributed by atoms with Crippen molar-refractivity contribution in [3.8, 4) is 0 Å². The summed E-state index contributed by atoms with van der Waals surface area (Å²) in [5.74, 6) is -0.263. The van der Waals surface area contributed by atoms with Gasteiger partial charge in [0.05, 0.1) is 17.1 Å². The molecule has 1 aromatic heterocycles. The first kappa shape index (κ1) is 22.8. The number of halogens is 1. The Morgan fingerprint density at radius 2 is 1.84 bits per heavy atom. The van der Waals surface area contributed by atoms with Gasteiger partial charge in [0.1, 0.15) is 0 Å². The Balaban J connectivity index is 1.88.